The van der Waals surface area contributed by atoms with E-state index in [4.69, 9.17) is 5.73 Å². The molecule has 0 bridgehead atoms. The molecule has 0 aliphatic heterocycles. The summed E-state index contributed by atoms with van der Waals surface area (Å²) < 4.78 is 6.03. The van der Waals surface area contributed by atoms with Crippen molar-refractivity contribution in [2.24, 2.45) is 5.10 Å². The average molecular weight is 397 g/mol. The van der Waals surface area contributed by atoms with Gasteiger partial charge < -0.3 is 5.73 Å². The fourth-order valence-corrected chi connectivity index (χ4v) is 2.72. The zero-order valence-electron chi connectivity index (χ0n) is 16.5. The van der Waals surface area contributed by atoms with Crippen LogP contribution in [0.5, 0.6) is 0 Å². The maximum Gasteiger partial charge on any atom is 0.293 e. The lowest BCUT2D eigenvalue weighted by molar-refractivity contribution is 0.0947. The third kappa shape index (κ3) is 4.46. The molecule has 0 spiro atoms. The molecule has 1 aromatic carbocycles. The van der Waals surface area contributed by atoms with E-state index in [1.165, 1.54) is 4.68 Å². The SMILES string of the molecule is CCN(CC)Cc1c(C(=O)N/N=C(/C)c2ccccc2)nnn1-c1nonc1N. The van der Waals surface area contributed by atoms with E-state index in [0.29, 0.717) is 18.0 Å². The molecule has 0 aliphatic carbocycles. The van der Waals surface area contributed by atoms with Crippen molar-refractivity contribution in [2.45, 2.75) is 27.3 Å². The van der Waals surface area contributed by atoms with E-state index >= 15 is 0 Å². The Bertz CT molecular complexity index is 990. The second kappa shape index (κ2) is 9.06. The number of hydrogen-bond acceptors (Lipinski definition) is 9. The first-order chi connectivity index (χ1) is 14.0. The summed E-state index contributed by atoms with van der Waals surface area (Å²) in [7, 11) is 0. The molecule has 3 aromatic rings. The Hall–Kier alpha value is -3.60. The fraction of sp³-hybridized carbons (Fsp3) is 0.333. The Balaban J connectivity index is 1.90. The summed E-state index contributed by atoms with van der Waals surface area (Å²) in [5.74, 6) is -0.244. The van der Waals surface area contributed by atoms with Gasteiger partial charge in [-0.2, -0.15) is 9.78 Å². The summed E-state index contributed by atoms with van der Waals surface area (Å²) in [4.78, 5) is 14.9. The number of carbonyl (C=O) groups excluding carboxylic acids is 1. The van der Waals surface area contributed by atoms with Gasteiger partial charge in [-0.3, -0.25) is 9.69 Å². The Morgan fingerprint density at radius 3 is 2.59 bits per heavy atom. The van der Waals surface area contributed by atoms with Gasteiger partial charge in [0.2, 0.25) is 11.6 Å². The van der Waals surface area contributed by atoms with Crippen LogP contribution in [-0.4, -0.2) is 54.9 Å². The van der Waals surface area contributed by atoms with Gasteiger partial charge in [-0.05, 0) is 35.9 Å². The molecule has 0 radical (unpaired) electrons. The van der Waals surface area contributed by atoms with Crippen LogP contribution in [0.2, 0.25) is 0 Å². The third-order valence-corrected chi connectivity index (χ3v) is 4.46. The van der Waals surface area contributed by atoms with Crippen LogP contribution in [0.25, 0.3) is 5.82 Å². The molecule has 2 aromatic heterocycles. The summed E-state index contributed by atoms with van der Waals surface area (Å²) in [5, 5.41) is 19.6. The minimum atomic E-state index is -0.483. The first kappa shape index (κ1) is 20.1. The van der Waals surface area contributed by atoms with Gasteiger partial charge in [-0.25, -0.2) is 10.1 Å². The first-order valence-electron chi connectivity index (χ1n) is 9.20. The molecule has 11 heteroatoms. The molecule has 0 saturated carbocycles. The quantitative estimate of drug-likeness (QED) is 0.427. The molecule has 0 saturated heterocycles. The summed E-state index contributed by atoms with van der Waals surface area (Å²) in [6, 6.07) is 9.54. The predicted molar refractivity (Wildman–Crippen MR) is 106 cm³/mol. The third-order valence-electron chi connectivity index (χ3n) is 4.46. The standard InChI is InChI=1S/C18H23N9O2/c1-4-26(5-2)11-14-15(21-25-27(14)17-16(19)23-29-24-17)18(28)22-20-12(3)13-9-7-6-8-10-13/h6-10H,4-5,11H2,1-3H3,(H2,19,23)(H,22,28)/b20-12-. The molecular formula is C18H23N9O2. The maximum absolute atomic E-state index is 12.8. The highest BCUT2D eigenvalue weighted by atomic mass is 16.6. The van der Waals surface area contributed by atoms with Crippen LogP contribution in [-0.2, 0) is 6.54 Å². The number of hydrogen-bond donors (Lipinski definition) is 2. The Morgan fingerprint density at radius 1 is 1.24 bits per heavy atom. The number of anilines is 1. The maximum atomic E-state index is 12.8. The lowest BCUT2D eigenvalue weighted by atomic mass is 10.1. The van der Waals surface area contributed by atoms with Crippen molar-refractivity contribution in [1.82, 2.24) is 35.6 Å². The summed E-state index contributed by atoms with van der Waals surface area (Å²) in [5.41, 5.74) is 10.6. The number of nitrogen functional groups attached to an aromatic ring is 1. The number of rotatable bonds is 8. The lowest BCUT2D eigenvalue weighted by Gasteiger charge is -2.18. The number of nitrogens with two attached hydrogens (primary N) is 1. The highest BCUT2D eigenvalue weighted by Gasteiger charge is 2.25. The van der Waals surface area contributed by atoms with Crippen LogP contribution in [0.15, 0.2) is 40.1 Å². The van der Waals surface area contributed by atoms with Gasteiger partial charge >= 0.3 is 0 Å². The minimum absolute atomic E-state index is 0.0561. The van der Waals surface area contributed by atoms with Crippen LogP contribution >= 0.6 is 0 Å². The van der Waals surface area contributed by atoms with Gasteiger partial charge in [-0.15, -0.1) is 5.10 Å². The molecule has 3 rings (SSSR count). The highest BCUT2D eigenvalue weighted by Crippen LogP contribution is 2.17. The van der Waals surface area contributed by atoms with E-state index < -0.39 is 5.91 Å². The molecule has 0 fully saturated rings. The molecule has 0 aliphatic rings. The van der Waals surface area contributed by atoms with Crippen molar-refractivity contribution in [1.29, 1.82) is 0 Å². The number of carbonyl (C=O) groups is 1. The van der Waals surface area contributed by atoms with Gasteiger partial charge in [0.1, 0.15) is 0 Å². The fourth-order valence-electron chi connectivity index (χ4n) is 2.72. The Labute approximate surface area is 167 Å². The highest BCUT2D eigenvalue weighted by molar-refractivity contribution is 6.00. The van der Waals surface area contributed by atoms with E-state index in [-0.39, 0.29) is 17.3 Å². The lowest BCUT2D eigenvalue weighted by Crippen LogP contribution is -2.27. The van der Waals surface area contributed by atoms with Crippen LogP contribution in [0.4, 0.5) is 5.82 Å². The monoisotopic (exact) mass is 397 g/mol. The molecule has 29 heavy (non-hydrogen) atoms. The predicted octanol–water partition coefficient (Wildman–Crippen LogP) is 1.23. The van der Waals surface area contributed by atoms with E-state index in [2.05, 4.69) is 40.7 Å². The van der Waals surface area contributed by atoms with Crippen molar-refractivity contribution in [3.8, 4) is 5.82 Å². The van der Waals surface area contributed by atoms with Gasteiger partial charge in [0, 0.05) is 6.54 Å². The molecular weight excluding hydrogens is 374 g/mol. The van der Waals surface area contributed by atoms with Crippen molar-refractivity contribution in [3.63, 3.8) is 0 Å². The van der Waals surface area contributed by atoms with E-state index in [1.54, 1.807) is 0 Å². The molecule has 3 N–H and O–H groups in total. The van der Waals surface area contributed by atoms with E-state index in [1.807, 2.05) is 51.1 Å². The van der Waals surface area contributed by atoms with Crippen molar-refractivity contribution >= 4 is 17.4 Å². The van der Waals surface area contributed by atoms with Crippen LogP contribution in [0.3, 0.4) is 0 Å². The molecule has 2 heterocycles. The summed E-state index contributed by atoms with van der Waals surface area (Å²) in [6.07, 6.45) is 0. The number of benzene rings is 1. The topological polar surface area (TPSA) is 140 Å². The largest absolute Gasteiger partial charge is 0.378 e. The van der Waals surface area contributed by atoms with Crippen molar-refractivity contribution < 1.29 is 9.42 Å². The van der Waals surface area contributed by atoms with E-state index in [0.717, 1.165) is 18.7 Å². The first-order valence-corrected chi connectivity index (χ1v) is 9.20. The second-order valence-corrected chi connectivity index (χ2v) is 6.24. The molecule has 0 unspecified atom stereocenters. The average Bonchev–Trinajstić information content (AvgIpc) is 3.36. The van der Waals surface area contributed by atoms with Crippen molar-refractivity contribution in [3.05, 3.63) is 47.3 Å². The van der Waals surface area contributed by atoms with Gasteiger partial charge in [0.15, 0.2) is 5.69 Å². The summed E-state index contributed by atoms with van der Waals surface area (Å²) >= 11 is 0. The summed E-state index contributed by atoms with van der Waals surface area (Å²) in [6.45, 7) is 7.83. The zero-order chi connectivity index (χ0) is 20.8. The second-order valence-electron chi connectivity index (χ2n) is 6.24. The Morgan fingerprint density at radius 2 is 1.97 bits per heavy atom. The smallest absolute Gasteiger partial charge is 0.293 e. The number of aromatic nitrogens is 5. The Kier molecular flexibility index (Phi) is 6.29. The number of hydrazone groups is 1. The molecule has 152 valence electrons. The molecule has 0 atom stereocenters. The molecule has 1 amide bonds. The van der Waals surface area contributed by atoms with Gasteiger partial charge in [-0.1, -0.05) is 49.4 Å². The van der Waals surface area contributed by atoms with Crippen LogP contribution in [0.1, 0.15) is 42.5 Å². The zero-order valence-corrected chi connectivity index (χ0v) is 16.5. The van der Waals surface area contributed by atoms with Crippen LogP contribution in [0, 0.1) is 0 Å². The van der Waals surface area contributed by atoms with Gasteiger partial charge in [0.05, 0.1) is 11.4 Å². The molecule has 11 nitrogen and oxygen atoms in total. The number of nitrogens with one attached hydrogen (secondary N) is 1. The van der Waals surface area contributed by atoms with E-state index in [9.17, 15) is 4.79 Å². The number of nitrogens with zero attached hydrogens (tertiary/aromatic N) is 7. The van der Waals surface area contributed by atoms with Crippen LogP contribution < -0.4 is 11.2 Å². The normalized spacial score (nSPS) is 11.8. The number of amides is 1. The minimum Gasteiger partial charge on any atom is -0.378 e. The van der Waals surface area contributed by atoms with Crippen molar-refractivity contribution in [2.75, 3.05) is 18.8 Å². The van der Waals surface area contributed by atoms with Gasteiger partial charge in [0.25, 0.3) is 5.91 Å².